The van der Waals surface area contributed by atoms with Crippen LogP contribution in [0.25, 0.3) is 0 Å². The Morgan fingerprint density at radius 1 is 1.24 bits per heavy atom. The van der Waals surface area contributed by atoms with Crippen molar-refractivity contribution in [1.82, 2.24) is 0 Å². The summed E-state index contributed by atoms with van der Waals surface area (Å²) < 4.78 is 1.19. The van der Waals surface area contributed by atoms with Crippen molar-refractivity contribution in [2.45, 2.75) is 45.1 Å². The van der Waals surface area contributed by atoms with Gasteiger partial charge in [-0.2, -0.15) is 0 Å². The van der Waals surface area contributed by atoms with E-state index >= 15 is 0 Å². The van der Waals surface area contributed by atoms with E-state index in [1.165, 1.54) is 35.7 Å². The second-order valence-electron chi connectivity index (χ2n) is 5.16. The number of aliphatic hydroxyl groups is 1. The molecule has 1 aromatic rings. The van der Waals surface area contributed by atoms with Gasteiger partial charge in [-0.1, -0.05) is 44.4 Å². The third-order valence-corrected chi connectivity index (χ3v) is 5.12. The summed E-state index contributed by atoms with van der Waals surface area (Å²) in [4.78, 5) is 0. The summed E-state index contributed by atoms with van der Waals surface area (Å²) in [6.45, 7) is 2.28. The number of aliphatic hydroxyl groups excluding tert-OH is 1. The molecule has 0 radical (unpaired) electrons. The van der Waals surface area contributed by atoms with Crippen LogP contribution < -0.4 is 0 Å². The molecule has 1 unspecified atom stereocenters. The molecule has 0 aromatic heterocycles. The molecule has 1 aromatic carbocycles. The zero-order valence-corrected chi connectivity index (χ0v) is 12.6. The molecule has 1 fully saturated rings. The van der Waals surface area contributed by atoms with Crippen LogP contribution in [0.4, 0.5) is 0 Å². The number of benzene rings is 1. The first-order valence-corrected chi connectivity index (χ1v) is 7.72. The number of hydrogen-bond donors (Lipinski definition) is 1. The molecule has 1 nitrogen and oxygen atoms in total. The van der Waals surface area contributed by atoms with E-state index in [0.717, 1.165) is 11.5 Å². The van der Waals surface area contributed by atoms with Crippen molar-refractivity contribution in [2.24, 2.45) is 11.8 Å². The monoisotopic (exact) mass is 344 g/mol. The second-order valence-corrected chi connectivity index (χ2v) is 6.32. The minimum absolute atomic E-state index is 0.263. The molecular weight excluding hydrogens is 323 g/mol. The Labute approximate surface area is 118 Å². The molecule has 2 rings (SSSR count). The number of rotatable bonds is 3. The standard InChI is InChI=1S/C15H21IO/c1-2-11-7-9-12(10-8-11)15(17)13-5-3-4-6-14(13)16/h3-6,11-12,15,17H,2,7-10H2,1H3. The molecule has 1 N–H and O–H groups in total. The van der Waals surface area contributed by atoms with Crippen LogP contribution in [0.15, 0.2) is 24.3 Å². The minimum Gasteiger partial charge on any atom is -0.388 e. The zero-order valence-electron chi connectivity index (χ0n) is 10.4. The Kier molecular flexibility index (Phi) is 4.86. The summed E-state index contributed by atoms with van der Waals surface area (Å²) in [6.07, 6.45) is 5.99. The van der Waals surface area contributed by atoms with Gasteiger partial charge in [0.05, 0.1) is 6.10 Å². The van der Waals surface area contributed by atoms with Crippen molar-refractivity contribution in [3.8, 4) is 0 Å². The van der Waals surface area contributed by atoms with Crippen molar-refractivity contribution in [3.63, 3.8) is 0 Å². The number of hydrogen-bond acceptors (Lipinski definition) is 1. The van der Waals surface area contributed by atoms with E-state index in [1.54, 1.807) is 0 Å². The highest BCUT2D eigenvalue weighted by molar-refractivity contribution is 14.1. The number of halogens is 1. The highest BCUT2D eigenvalue weighted by Gasteiger charge is 2.27. The van der Waals surface area contributed by atoms with Crippen LogP contribution in [-0.2, 0) is 0 Å². The minimum atomic E-state index is -0.263. The highest BCUT2D eigenvalue weighted by atomic mass is 127. The summed E-state index contributed by atoms with van der Waals surface area (Å²) in [5.41, 5.74) is 1.12. The van der Waals surface area contributed by atoms with E-state index in [9.17, 15) is 5.11 Å². The normalized spacial score (nSPS) is 26.8. The van der Waals surface area contributed by atoms with Crippen LogP contribution in [0.3, 0.4) is 0 Å². The maximum atomic E-state index is 10.5. The first kappa shape index (κ1) is 13.3. The lowest BCUT2D eigenvalue weighted by molar-refractivity contribution is 0.0723. The Morgan fingerprint density at radius 2 is 1.88 bits per heavy atom. The Morgan fingerprint density at radius 3 is 2.47 bits per heavy atom. The molecule has 0 saturated heterocycles. The Balaban J connectivity index is 2.02. The van der Waals surface area contributed by atoms with Crippen LogP contribution >= 0.6 is 22.6 Å². The van der Waals surface area contributed by atoms with E-state index in [2.05, 4.69) is 41.6 Å². The first-order valence-electron chi connectivity index (χ1n) is 6.64. The van der Waals surface area contributed by atoms with E-state index in [-0.39, 0.29) is 6.10 Å². The molecule has 1 aliphatic rings. The average Bonchev–Trinajstić information content (AvgIpc) is 2.39. The van der Waals surface area contributed by atoms with Crippen molar-refractivity contribution in [3.05, 3.63) is 33.4 Å². The van der Waals surface area contributed by atoms with Gasteiger partial charge in [0, 0.05) is 3.57 Å². The summed E-state index contributed by atoms with van der Waals surface area (Å²) in [6, 6.07) is 8.21. The molecule has 0 spiro atoms. The smallest absolute Gasteiger partial charge is 0.0828 e. The maximum Gasteiger partial charge on any atom is 0.0828 e. The fourth-order valence-electron chi connectivity index (χ4n) is 2.88. The summed E-state index contributed by atoms with van der Waals surface area (Å²) in [7, 11) is 0. The summed E-state index contributed by atoms with van der Waals surface area (Å²) in [5, 5.41) is 10.5. The van der Waals surface area contributed by atoms with Crippen LogP contribution in [0, 0.1) is 15.4 Å². The van der Waals surface area contributed by atoms with E-state index in [0.29, 0.717) is 5.92 Å². The van der Waals surface area contributed by atoms with Gasteiger partial charge < -0.3 is 5.11 Å². The van der Waals surface area contributed by atoms with Crippen molar-refractivity contribution in [2.75, 3.05) is 0 Å². The quantitative estimate of drug-likeness (QED) is 0.798. The maximum absolute atomic E-state index is 10.5. The van der Waals surface area contributed by atoms with E-state index < -0.39 is 0 Å². The lowest BCUT2D eigenvalue weighted by atomic mass is 9.77. The van der Waals surface area contributed by atoms with Gasteiger partial charge in [-0.3, -0.25) is 0 Å². The van der Waals surface area contributed by atoms with Crippen LogP contribution in [0.1, 0.15) is 50.7 Å². The Bertz CT molecular complexity index is 356. The van der Waals surface area contributed by atoms with Crippen LogP contribution in [-0.4, -0.2) is 5.11 Å². The fourth-order valence-corrected chi connectivity index (χ4v) is 3.59. The highest BCUT2D eigenvalue weighted by Crippen LogP contribution is 2.38. The van der Waals surface area contributed by atoms with Crippen LogP contribution in [0.5, 0.6) is 0 Å². The Hall–Kier alpha value is -0.0900. The molecule has 0 aliphatic heterocycles. The topological polar surface area (TPSA) is 20.2 Å². The zero-order chi connectivity index (χ0) is 12.3. The molecule has 17 heavy (non-hydrogen) atoms. The predicted molar refractivity (Wildman–Crippen MR) is 79.9 cm³/mol. The van der Waals surface area contributed by atoms with Gasteiger partial charge >= 0.3 is 0 Å². The van der Waals surface area contributed by atoms with Gasteiger partial charge in [-0.25, -0.2) is 0 Å². The third kappa shape index (κ3) is 3.22. The van der Waals surface area contributed by atoms with Gasteiger partial charge in [0.15, 0.2) is 0 Å². The molecule has 2 heteroatoms. The molecule has 0 heterocycles. The van der Waals surface area contributed by atoms with Gasteiger partial charge in [-0.05, 0) is 58.9 Å². The van der Waals surface area contributed by atoms with Crippen molar-refractivity contribution in [1.29, 1.82) is 0 Å². The fraction of sp³-hybridized carbons (Fsp3) is 0.600. The molecule has 0 amide bonds. The van der Waals surface area contributed by atoms with Gasteiger partial charge in [0.25, 0.3) is 0 Å². The third-order valence-electron chi connectivity index (χ3n) is 4.14. The van der Waals surface area contributed by atoms with Crippen LogP contribution in [0.2, 0.25) is 0 Å². The van der Waals surface area contributed by atoms with Crippen molar-refractivity contribution >= 4 is 22.6 Å². The predicted octanol–water partition coefficient (Wildman–Crippen LogP) is 4.54. The summed E-state index contributed by atoms with van der Waals surface area (Å²) in [5.74, 6) is 1.36. The van der Waals surface area contributed by atoms with Gasteiger partial charge in [-0.15, -0.1) is 0 Å². The first-order chi connectivity index (χ1) is 8.22. The molecular formula is C15H21IO. The molecule has 0 bridgehead atoms. The van der Waals surface area contributed by atoms with E-state index in [4.69, 9.17) is 0 Å². The molecule has 1 atom stereocenters. The lowest BCUT2D eigenvalue weighted by Gasteiger charge is -2.31. The molecule has 94 valence electrons. The molecule has 1 saturated carbocycles. The largest absolute Gasteiger partial charge is 0.388 e. The van der Waals surface area contributed by atoms with Gasteiger partial charge in [0.1, 0.15) is 0 Å². The molecule has 1 aliphatic carbocycles. The van der Waals surface area contributed by atoms with Crippen molar-refractivity contribution < 1.29 is 5.11 Å². The van der Waals surface area contributed by atoms with E-state index in [1.807, 2.05) is 12.1 Å². The SMILES string of the molecule is CCC1CCC(C(O)c2ccccc2I)CC1. The summed E-state index contributed by atoms with van der Waals surface area (Å²) >= 11 is 2.32. The second kappa shape index (κ2) is 6.19. The average molecular weight is 344 g/mol. The van der Waals surface area contributed by atoms with Gasteiger partial charge in [0.2, 0.25) is 0 Å². The lowest BCUT2D eigenvalue weighted by Crippen LogP contribution is -2.20.